The van der Waals surface area contributed by atoms with Crippen molar-refractivity contribution in [2.45, 2.75) is 70.4 Å². The molecule has 3 aromatic rings. The zero-order valence-corrected chi connectivity index (χ0v) is 22.7. The highest BCUT2D eigenvalue weighted by Crippen LogP contribution is 2.41. The van der Waals surface area contributed by atoms with Crippen molar-refractivity contribution in [3.8, 4) is 5.75 Å². The molecule has 6 rings (SSSR count). The second kappa shape index (κ2) is 10.3. The van der Waals surface area contributed by atoms with E-state index < -0.39 is 0 Å². The van der Waals surface area contributed by atoms with Crippen molar-refractivity contribution in [2.75, 3.05) is 44.3 Å². The van der Waals surface area contributed by atoms with E-state index in [9.17, 15) is 4.79 Å². The molecule has 0 radical (unpaired) electrons. The van der Waals surface area contributed by atoms with Gasteiger partial charge in [-0.25, -0.2) is 4.98 Å². The number of aryl methyl sites for hydroxylation is 3. The molecule has 0 unspecified atom stereocenters. The first-order valence-electron chi connectivity index (χ1n) is 14.0. The van der Waals surface area contributed by atoms with Crippen LogP contribution in [-0.2, 0) is 9.53 Å². The molecule has 1 saturated carbocycles. The Hall–Kier alpha value is -3.04. The summed E-state index contributed by atoms with van der Waals surface area (Å²) in [6.07, 6.45) is 6.25. The van der Waals surface area contributed by atoms with Crippen LogP contribution in [-0.4, -0.2) is 81.8 Å². The number of aromatic nitrogens is 4. The number of fused-ring (bicyclic) bond motifs is 1. The van der Waals surface area contributed by atoms with E-state index >= 15 is 0 Å². The molecule has 9 nitrogen and oxygen atoms in total. The van der Waals surface area contributed by atoms with Gasteiger partial charge in [-0.3, -0.25) is 4.90 Å². The van der Waals surface area contributed by atoms with Crippen molar-refractivity contribution in [1.82, 2.24) is 24.5 Å². The van der Waals surface area contributed by atoms with E-state index in [1.807, 2.05) is 20.8 Å². The summed E-state index contributed by atoms with van der Waals surface area (Å²) in [5, 5.41) is 4.46. The number of benzene rings is 1. The number of morpholine rings is 1. The summed E-state index contributed by atoms with van der Waals surface area (Å²) in [6, 6.07) is 9.08. The Morgan fingerprint density at radius 2 is 1.74 bits per heavy atom. The fraction of sp³-hybridized carbons (Fsp3) is 0.586. The molecule has 1 atom stereocenters. The van der Waals surface area contributed by atoms with Crippen LogP contribution in [0.15, 0.2) is 24.3 Å². The average Bonchev–Trinajstić information content (AvgIpc) is 3.58. The molecule has 9 heteroatoms. The largest absolute Gasteiger partial charge is 0.485 e. The smallest absolute Gasteiger partial charge is 0.253 e. The van der Waals surface area contributed by atoms with Crippen LogP contribution < -0.4 is 9.64 Å². The molecule has 0 spiro atoms. The minimum atomic E-state index is -0.297. The van der Waals surface area contributed by atoms with Gasteiger partial charge in [0.05, 0.1) is 36.7 Å². The third kappa shape index (κ3) is 4.66. The van der Waals surface area contributed by atoms with Crippen LogP contribution in [0.25, 0.3) is 5.78 Å². The minimum Gasteiger partial charge on any atom is -0.485 e. The van der Waals surface area contributed by atoms with Crippen LogP contribution in [0.4, 0.5) is 5.69 Å². The molecule has 202 valence electrons. The third-order valence-electron chi connectivity index (χ3n) is 8.81. The van der Waals surface area contributed by atoms with E-state index in [1.165, 1.54) is 17.5 Å². The van der Waals surface area contributed by atoms with E-state index in [2.05, 4.69) is 49.1 Å². The maximum Gasteiger partial charge on any atom is 0.253 e. The van der Waals surface area contributed by atoms with Crippen LogP contribution in [0.5, 0.6) is 5.75 Å². The lowest BCUT2D eigenvalue weighted by atomic mass is 9.74. The van der Waals surface area contributed by atoms with Gasteiger partial charge >= 0.3 is 0 Å². The van der Waals surface area contributed by atoms with Gasteiger partial charge in [-0.1, -0.05) is 12.1 Å². The number of nitrogens with zero attached hydrogens (tertiary/aromatic N) is 6. The van der Waals surface area contributed by atoms with Gasteiger partial charge in [-0.15, -0.1) is 5.10 Å². The first-order chi connectivity index (χ1) is 18.5. The highest BCUT2D eigenvalue weighted by Gasteiger charge is 2.41. The first kappa shape index (κ1) is 25.2. The Balaban J connectivity index is 1.07. The van der Waals surface area contributed by atoms with Gasteiger partial charge in [-0.05, 0) is 70.1 Å². The summed E-state index contributed by atoms with van der Waals surface area (Å²) in [6.45, 7) is 10.9. The predicted octanol–water partition coefficient (Wildman–Crippen LogP) is 3.63. The maximum atomic E-state index is 12.1. The van der Waals surface area contributed by atoms with E-state index in [4.69, 9.17) is 9.47 Å². The summed E-state index contributed by atoms with van der Waals surface area (Å²) in [7, 11) is 0. The number of hydrogen-bond acceptors (Lipinski definition) is 8. The van der Waals surface area contributed by atoms with Gasteiger partial charge < -0.3 is 19.2 Å². The summed E-state index contributed by atoms with van der Waals surface area (Å²) in [4.78, 5) is 25.9. The number of aldehydes is 1. The van der Waals surface area contributed by atoms with Crippen LogP contribution >= 0.6 is 0 Å². The first-order valence-corrected chi connectivity index (χ1v) is 14.0. The van der Waals surface area contributed by atoms with Crippen LogP contribution in [0.3, 0.4) is 0 Å². The highest BCUT2D eigenvalue weighted by molar-refractivity contribution is 5.65. The molecule has 2 aromatic heterocycles. The molecule has 3 fully saturated rings. The molecule has 38 heavy (non-hydrogen) atoms. The summed E-state index contributed by atoms with van der Waals surface area (Å²) < 4.78 is 13.8. The summed E-state index contributed by atoms with van der Waals surface area (Å²) in [5.41, 5.74) is 4.12. The Bertz CT molecular complexity index is 1290. The number of carbonyl (C=O) groups excluding carboxylic acids is 1. The number of ether oxygens (including phenoxy) is 2. The number of hydrogen-bond donors (Lipinski definition) is 0. The van der Waals surface area contributed by atoms with Crippen LogP contribution in [0, 0.1) is 20.8 Å². The molecule has 0 bridgehead atoms. The standard InChI is InChI=1S/C29H38N6O3/c1-20-27(21(2)35-28(30-20)31-22(3)32-35)38-26-10-13-33(18-26)25-6-4-23(5-7-25)24-8-11-29(19-36,12-9-24)34-14-16-37-17-15-34/h4-7,19,24,26H,8-18H2,1-3H3/t24?,26-,29?/m1/s1. The summed E-state index contributed by atoms with van der Waals surface area (Å²) in [5.74, 6) is 2.65. The molecule has 4 heterocycles. The number of carbonyl (C=O) groups is 1. The monoisotopic (exact) mass is 518 g/mol. The van der Waals surface area contributed by atoms with E-state index in [1.54, 1.807) is 4.52 Å². The molecule has 0 N–H and O–H groups in total. The fourth-order valence-corrected chi connectivity index (χ4v) is 6.58. The van der Waals surface area contributed by atoms with E-state index in [0.29, 0.717) is 17.5 Å². The fourth-order valence-electron chi connectivity index (χ4n) is 6.58. The van der Waals surface area contributed by atoms with Gasteiger partial charge in [0.2, 0.25) is 0 Å². The second-order valence-corrected chi connectivity index (χ2v) is 11.1. The third-order valence-corrected chi connectivity index (χ3v) is 8.81. The van der Waals surface area contributed by atoms with Crippen molar-refractivity contribution >= 4 is 17.8 Å². The van der Waals surface area contributed by atoms with Crippen molar-refractivity contribution in [3.05, 3.63) is 47.0 Å². The van der Waals surface area contributed by atoms with Crippen molar-refractivity contribution < 1.29 is 14.3 Å². The Morgan fingerprint density at radius 3 is 2.45 bits per heavy atom. The summed E-state index contributed by atoms with van der Waals surface area (Å²) >= 11 is 0. The topological polar surface area (TPSA) is 85.1 Å². The zero-order valence-electron chi connectivity index (χ0n) is 22.7. The minimum absolute atomic E-state index is 0.103. The van der Waals surface area contributed by atoms with Gasteiger partial charge in [-0.2, -0.15) is 9.50 Å². The van der Waals surface area contributed by atoms with E-state index in [-0.39, 0.29) is 11.6 Å². The van der Waals surface area contributed by atoms with Crippen LogP contribution in [0.2, 0.25) is 0 Å². The molecular formula is C29H38N6O3. The van der Waals surface area contributed by atoms with Gasteiger partial charge in [0.1, 0.15) is 18.2 Å². The maximum absolute atomic E-state index is 12.1. The molecule has 1 aromatic carbocycles. The lowest BCUT2D eigenvalue weighted by molar-refractivity contribution is -0.125. The quantitative estimate of drug-likeness (QED) is 0.458. The highest BCUT2D eigenvalue weighted by atomic mass is 16.5. The molecule has 2 aliphatic heterocycles. The Kier molecular flexibility index (Phi) is 6.82. The molecule has 1 aliphatic carbocycles. The SMILES string of the molecule is Cc1nc2nc(C)c(O[C@@H]3CCN(c4ccc(C5CCC(C=O)(N6CCOCC6)CC5)cc4)C3)c(C)n2n1. The van der Waals surface area contributed by atoms with Gasteiger partial charge in [0.25, 0.3) is 5.78 Å². The van der Waals surface area contributed by atoms with Gasteiger partial charge in [0, 0.05) is 31.7 Å². The second-order valence-electron chi connectivity index (χ2n) is 11.1. The van der Waals surface area contributed by atoms with Crippen molar-refractivity contribution in [1.29, 1.82) is 0 Å². The lowest BCUT2D eigenvalue weighted by Crippen LogP contribution is -2.56. The molecule has 2 saturated heterocycles. The molecule has 0 amide bonds. The average molecular weight is 519 g/mol. The van der Waals surface area contributed by atoms with Crippen molar-refractivity contribution in [3.63, 3.8) is 0 Å². The Labute approximate surface area is 224 Å². The zero-order chi connectivity index (χ0) is 26.3. The normalized spacial score (nSPS) is 26.7. The number of rotatable bonds is 6. The van der Waals surface area contributed by atoms with Crippen LogP contribution in [0.1, 0.15) is 60.8 Å². The lowest BCUT2D eigenvalue weighted by Gasteiger charge is -2.46. The predicted molar refractivity (Wildman–Crippen MR) is 145 cm³/mol. The molecule has 3 aliphatic rings. The van der Waals surface area contributed by atoms with E-state index in [0.717, 1.165) is 88.6 Å². The molecular weight excluding hydrogens is 480 g/mol. The Morgan fingerprint density at radius 1 is 1.00 bits per heavy atom. The van der Waals surface area contributed by atoms with Gasteiger partial charge in [0.15, 0.2) is 5.75 Å². The van der Waals surface area contributed by atoms with Crippen molar-refractivity contribution in [2.24, 2.45) is 0 Å². The number of anilines is 1.